The molecule has 142 valence electrons. The van der Waals surface area contributed by atoms with Gasteiger partial charge in [0.05, 0.1) is 9.83 Å². The summed E-state index contributed by atoms with van der Waals surface area (Å²) in [4.78, 5) is 47.6. The van der Waals surface area contributed by atoms with Crippen LogP contribution in [0.2, 0.25) is 0 Å². The summed E-state index contributed by atoms with van der Waals surface area (Å²) < 4.78 is 13.2. The molecule has 10 heteroatoms. The highest BCUT2D eigenvalue weighted by molar-refractivity contribution is 8.18. The minimum absolute atomic E-state index is 0.0454. The number of imide groups is 1. The lowest BCUT2D eigenvalue weighted by Gasteiger charge is -2.12. The number of amides is 3. The molecule has 0 saturated carbocycles. The Morgan fingerprint density at radius 1 is 1.21 bits per heavy atom. The minimum atomic E-state index is -0.684. The van der Waals surface area contributed by atoms with Crippen molar-refractivity contribution in [3.8, 4) is 0 Å². The number of anilines is 1. The molecule has 2 aromatic carbocycles. The monoisotopic (exact) mass is 401 g/mol. The van der Waals surface area contributed by atoms with Crippen LogP contribution in [-0.4, -0.2) is 33.4 Å². The first-order valence-corrected chi connectivity index (χ1v) is 8.70. The fraction of sp³-hybridized carbons (Fsp3) is 0.0556. The van der Waals surface area contributed by atoms with E-state index in [2.05, 4.69) is 5.32 Å². The summed E-state index contributed by atoms with van der Waals surface area (Å²) in [5, 5.41) is 12.6. The first kappa shape index (κ1) is 19.2. The highest BCUT2D eigenvalue weighted by atomic mass is 32.2. The Labute approximate surface area is 162 Å². The number of rotatable bonds is 5. The second kappa shape index (κ2) is 8.01. The van der Waals surface area contributed by atoms with Gasteiger partial charge < -0.3 is 5.32 Å². The maximum absolute atomic E-state index is 13.2. The van der Waals surface area contributed by atoms with E-state index in [1.165, 1.54) is 42.5 Å². The predicted octanol–water partition coefficient (Wildman–Crippen LogP) is 3.41. The van der Waals surface area contributed by atoms with E-state index in [0.29, 0.717) is 17.3 Å². The topological polar surface area (TPSA) is 110 Å². The highest BCUT2D eigenvalue weighted by Gasteiger charge is 2.36. The number of non-ortho nitro benzene ring substituents is 1. The third-order valence-corrected chi connectivity index (χ3v) is 4.57. The van der Waals surface area contributed by atoms with Crippen molar-refractivity contribution in [3.63, 3.8) is 0 Å². The molecule has 1 fully saturated rings. The quantitative estimate of drug-likeness (QED) is 0.467. The fourth-order valence-corrected chi connectivity index (χ4v) is 3.26. The second-order valence-corrected chi connectivity index (χ2v) is 6.67. The Hall–Kier alpha value is -3.53. The van der Waals surface area contributed by atoms with E-state index in [1.54, 1.807) is 6.07 Å². The first-order valence-electron chi connectivity index (χ1n) is 7.89. The van der Waals surface area contributed by atoms with E-state index in [0.717, 1.165) is 11.0 Å². The smallest absolute Gasteiger partial charge is 0.294 e. The van der Waals surface area contributed by atoms with E-state index >= 15 is 0 Å². The maximum Gasteiger partial charge on any atom is 0.294 e. The van der Waals surface area contributed by atoms with Crippen LogP contribution in [0.3, 0.4) is 0 Å². The van der Waals surface area contributed by atoms with E-state index in [1.807, 2.05) is 0 Å². The molecule has 2 aromatic rings. The van der Waals surface area contributed by atoms with E-state index < -0.39 is 34.3 Å². The zero-order valence-electron chi connectivity index (χ0n) is 14.1. The molecule has 0 unspecified atom stereocenters. The van der Waals surface area contributed by atoms with Crippen LogP contribution in [0.5, 0.6) is 0 Å². The van der Waals surface area contributed by atoms with Crippen LogP contribution < -0.4 is 5.32 Å². The molecule has 3 amide bonds. The Morgan fingerprint density at radius 3 is 2.68 bits per heavy atom. The van der Waals surface area contributed by atoms with Gasteiger partial charge in [-0.3, -0.25) is 29.4 Å². The van der Waals surface area contributed by atoms with Gasteiger partial charge in [0.25, 0.3) is 16.8 Å². The zero-order chi connectivity index (χ0) is 20.3. The van der Waals surface area contributed by atoms with Crippen molar-refractivity contribution in [2.45, 2.75) is 0 Å². The van der Waals surface area contributed by atoms with Crippen LogP contribution in [0.4, 0.5) is 20.6 Å². The zero-order valence-corrected chi connectivity index (χ0v) is 14.9. The third kappa shape index (κ3) is 4.41. The number of benzene rings is 2. The molecule has 0 atom stereocenters. The van der Waals surface area contributed by atoms with Crippen molar-refractivity contribution in [1.29, 1.82) is 0 Å². The van der Waals surface area contributed by atoms with E-state index in [4.69, 9.17) is 0 Å². The van der Waals surface area contributed by atoms with Crippen molar-refractivity contribution in [2.75, 3.05) is 11.9 Å². The highest BCUT2D eigenvalue weighted by Crippen LogP contribution is 2.32. The lowest BCUT2D eigenvalue weighted by molar-refractivity contribution is -0.384. The van der Waals surface area contributed by atoms with E-state index in [-0.39, 0.29) is 16.3 Å². The van der Waals surface area contributed by atoms with Gasteiger partial charge in [0.15, 0.2) is 0 Å². The van der Waals surface area contributed by atoms with Crippen LogP contribution in [0.25, 0.3) is 6.08 Å². The number of carbonyl (C=O) groups is 3. The molecule has 0 spiro atoms. The number of nitrogens with zero attached hydrogens (tertiary/aromatic N) is 2. The van der Waals surface area contributed by atoms with Gasteiger partial charge in [0, 0.05) is 17.8 Å². The first-order chi connectivity index (χ1) is 13.3. The predicted molar refractivity (Wildman–Crippen MR) is 101 cm³/mol. The second-order valence-electron chi connectivity index (χ2n) is 5.68. The average molecular weight is 401 g/mol. The normalized spacial score (nSPS) is 15.2. The van der Waals surface area contributed by atoms with Gasteiger partial charge >= 0.3 is 0 Å². The summed E-state index contributed by atoms with van der Waals surface area (Å²) in [5.74, 6) is -1.88. The number of halogens is 1. The lowest BCUT2D eigenvalue weighted by atomic mass is 10.2. The number of hydrogen-bond acceptors (Lipinski definition) is 6. The summed E-state index contributed by atoms with van der Waals surface area (Å²) in [6, 6.07) is 10.8. The van der Waals surface area contributed by atoms with Crippen molar-refractivity contribution in [1.82, 2.24) is 4.90 Å². The van der Waals surface area contributed by atoms with Crippen molar-refractivity contribution < 1.29 is 23.7 Å². The molecule has 28 heavy (non-hydrogen) atoms. The van der Waals surface area contributed by atoms with Crippen molar-refractivity contribution in [3.05, 3.63) is 74.9 Å². The molecule has 1 N–H and O–H groups in total. The SMILES string of the molecule is O=C(CN1C(=O)S/C(=C/c2cccc([N+](=O)[O-])c2)C1=O)Nc1cccc(F)c1. The Balaban J connectivity index is 1.72. The summed E-state index contributed by atoms with van der Waals surface area (Å²) >= 11 is 0.630. The standard InChI is InChI=1S/C18H12FN3O5S/c19-12-4-2-5-13(9-12)20-16(23)10-21-17(24)15(28-18(21)25)8-11-3-1-6-14(7-11)22(26)27/h1-9H,10H2,(H,20,23)/b15-8+. The van der Waals surface area contributed by atoms with Gasteiger partial charge in [-0.2, -0.15) is 0 Å². The summed E-state index contributed by atoms with van der Waals surface area (Å²) in [6.45, 7) is -0.534. The molecule has 3 rings (SSSR count). The van der Waals surface area contributed by atoms with Crippen LogP contribution in [0, 0.1) is 15.9 Å². The maximum atomic E-state index is 13.2. The molecule has 1 heterocycles. The summed E-state index contributed by atoms with van der Waals surface area (Å²) in [6.07, 6.45) is 1.35. The number of carbonyl (C=O) groups excluding carboxylic acids is 3. The molecular formula is C18H12FN3O5S. The molecule has 1 saturated heterocycles. The van der Waals surface area contributed by atoms with Gasteiger partial charge in [-0.05, 0) is 41.6 Å². The molecule has 0 radical (unpaired) electrons. The molecule has 0 aromatic heterocycles. The number of nitrogens with one attached hydrogen (secondary N) is 1. The number of nitro benzene ring substituents is 1. The Morgan fingerprint density at radius 2 is 1.96 bits per heavy atom. The minimum Gasteiger partial charge on any atom is -0.324 e. The lowest BCUT2D eigenvalue weighted by Crippen LogP contribution is -2.36. The summed E-state index contributed by atoms with van der Waals surface area (Å²) in [7, 11) is 0. The largest absolute Gasteiger partial charge is 0.324 e. The third-order valence-electron chi connectivity index (χ3n) is 3.66. The number of hydrogen-bond donors (Lipinski definition) is 1. The van der Waals surface area contributed by atoms with Crippen LogP contribution in [0.1, 0.15) is 5.56 Å². The average Bonchev–Trinajstić information content (AvgIpc) is 2.89. The van der Waals surface area contributed by atoms with Gasteiger partial charge in [0.1, 0.15) is 12.4 Å². The van der Waals surface area contributed by atoms with E-state index in [9.17, 15) is 28.9 Å². The molecule has 0 aliphatic carbocycles. The summed E-state index contributed by atoms with van der Waals surface area (Å²) in [5.41, 5.74) is 0.426. The molecular weight excluding hydrogens is 389 g/mol. The van der Waals surface area contributed by atoms with Crippen LogP contribution in [-0.2, 0) is 9.59 Å². The van der Waals surface area contributed by atoms with Crippen molar-refractivity contribution >= 4 is 46.3 Å². The Bertz CT molecular complexity index is 1020. The van der Waals surface area contributed by atoms with Crippen molar-refractivity contribution in [2.24, 2.45) is 0 Å². The molecule has 0 bridgehead atoms. The molecule has 8 nitrogen and oxygen atoms in total. The van der Waals surface area contributed by atoms with Gasteiger partial charge in [-0.25, -0.2) is 4.39 Å². The Kier molecular flexibility index (Phi) is 5.50. The van der Waals surface area contributed by atoms with Crippen LogP contribution in [0.15, 0.2) is 53.4 Å². The number of thioether (sulfide) groups is 1. The molecule has 1 aliphatic heterocycles. The van der Waals surface area contributed by atoms with Gasteiger partial charge in [-0.15, -0.1) is 0 Å². The fourth-order valence-electron chi connectivity index (χ4n) is 2.43. The van der Waals surface area contributed by atoms with Gasteiger partial charge in [-0.1, -0.05) is 18.2 Å². The van der Waals surface area contributed by atoms with Gasteiger partial charge in [0.2, 0.25) is 5.91 Å². The number of nitro groups is 1. The molecule has 1 aliphatic rings. The van der Waals surface area contributed by atoms with Crippen LogP contribution >= 0.6 is 11.8 Å².